The van der Waals surface area contributed by atoms with E-state index in [0.29, 0.717) is 18.7 Å². The largest absolute Gasteiger partial charge is 0.441 e. The van der Waals surface area contributed by atoms with Crippen LogP contribution in [0.5, 0.6) is 0 Å². The number of halogens is 1. The number of aryl methyl sites for hydroxylation is 1. The summed E-state index contributed by atoms with van der Waals surface area (Å²) in [6.45, 7) is 1.60. The first-order chi connectivity index (χ1) is 11.0. The van der Waals surface area contributed by atoms with Crippen LogP contribution in [-0.4, -0.2) is 28.3 Å². The van der Waals surface area contributed by atoms with Crippen LogP contribution in [0.15, 0.2) is 16.5 Å². The van der Waals surface area contributed by atoms with Gasteiger partial charge in [-0.2, -0.15) is 5.26 Å². The summed E-state index contributed by atoms with van der Waals surface area (Å²) < 4.78 is 19.2. The van der Waals surface area contributed by atoms with E-state index in [4.69, 9.17) is 9.68 Å². The van der Waals surface area contributed by atoms with Crippen molar-refractivity contribution in [3.05, 3.63) is 23.8 Å². The van der Waals surface area contributed by atoms with Crippen LogP contribution in [0.2, 0.25) is 0 Å². The molecule has 3 rings (SSSR count). The Balaban J connectivity index is 1.70. The van der Waals surface area contributed by atoms with Crippen molar-refractivity contribution < 1.29 is 18.7 Å². The number of aliphatic hydroxyl groups is 1. The summed E-state index contributed by atoms with van der Waals surface area (Å²) in [5.74, 6) is -0.543. The van der Waals surface area contributed by atoms with E-state index in [9.17, 15) is 14.3 Å². The summed E-state index contributed by atoms with van der Waals surface area (Å²) in [6, 6.07) is 3.62. The maximum atomic E-state index is 13.9. The number of anilines is 1. The number of benzene rings is 1. The Kier molecular flexibility index (Phi) is 3.88. The maximum Gasteiger partial charge on any atom is 0.319 e. The standard InChI is InChI=1S/C15H15FN4O3/c1-7-18-14-10(16)4-9(5-13(14)23-7)19-15(22)20-11-2-8(6-17)3-12(11)21/h4-5,8,11-12,21H,2-3H2,1H3,(H2,19,20,22)/t8-,11+,12+/m0/s1. The Labute approximate surface area is 131 Å². The highest BCUT2D eigenvalue weighted by atomic mass is 19.1. The minimum Gasteiger partial charge on any atom is -0.441 e. The first-order valence-corrected chi connectivity index (χ1v) is 7.18. The molecule has 23 heavy (non-hydrogen) atoms. The molecule has 0 aliphatic heterocycles. The molecule has 0 bridgehead atoms. The molecule has 0 saturated heterocycles. The lowest BCUT2D eigenvalue weighted by atomic mass is 10.1. The molecule has 120 valence electrons. The molecule has 1 aliphatic carbocycles. The molecule has 8 heteroatoms. The van der Waals surface area contributed by atoms with E-state index in [-0.39, 0.29) is 22.7 Å². The summed E-state index contributed by atoms with van der Waals surface area (Å²) >= 11 is 0. The second kappa shape index (κ2) is 5.85. The molecule has 1 saturated carbocycles. The van der Waals surface area contributed by atoms with Gasteiger partial charge in [-0.05, 0) is 18.9 Å². The van der Waals surface area contributed by atoms with Gasteiger partial charge in [-0.3, -0.25) is 0 Å². The van der Waals surface area contributed by atoms with Gasteiger partial charge in [0.2, 0.25) is 0 Å². The monoisotopic (exact) mass is 318 g/mol. The van der Waals surface area contributed by atoms with Crippen LogP contribution in [-0.2, 0) is 0 Å². The van der Waals surface area contributed by atoms with Crippen LogP contribution in [0.4, 0.5) is 14.9 Å². The van der Waals surface area contributed by atoms with Gasteiger partial charge in [-0.1, -0.05) is 0 Å². The van der Waals surface area contributed by atoms with Crippen LogP contribution in [0, 0.1) is 30.0 Å². The van der Waals surface area contributed by atoms with E-state index >= 15 is 0 Å². The zero-order chi connectivity index (χ0) is 16.6. The second-order valence-electron chi connectivity index (χ2n) is 5.61. The van der Waals surface area contributed by atoms with Gasteiger partial charge in [0.1, 0.15) is 5.52 Å². The molecule has 1 aliphatic rings. The number of hydrogen-bond donors (Lipinski definition) is 3. The maximum absolute atomic E-state index is 13.9. The molecule has 0 unspecified atom stereocenters. The van der Waals surface area contributed by atoms with E-state index in [1.165, 1.54) is 6.07 Å². The molecular formula is C15H15FN4O3. The number of aromatic nitrogens is 1. The van der Waals surface area contributed by atoms with E-state index in [0.717, 1.165) is 6.07 Å². The molecule has 1 aromatic heterocycles. The van der Waals surface area contributed by atoms with Gasteiger partial charge in [0.15, 0.2) is 17.3 Å². The number of rotatable bonds is 2. The smallest absolute Gasteiger partial charge is 0.319 e. The number of carbonyl (C=O) groups excluding carboxylic acids is 1. The Morgan fingerprint density at radius 3 is 3.00 bits per heavy atom. The molecule has 2 amide bonds. The second-order valence-corrected chi connectivity index (χ2v) is 5.61. The van der Waals surface area contributed by atoms with E-state index in [1.807, 2.05) is 0 Å². The number of hydrogen-bond acceptors (Lipinski definition) is 5. The molecule has 7 nitrogen and oxygen atoms in total. The highest BCUT2D eigenvalue weighted by Crippen LogP contribution is 2.26. The summed E-state index contributed by atoms with van der Waals surface area (Å²) in [4.78, 5) is 15.9. The van der Waals surface area contributed by atoms with Crippen molar-refractivity contribution in [1.82, 2.24) is 10.3 Å². The topological polar surface area (TPSA) is 111 Å². The van der Waals surface area contributed by atoms with Crippen LogP contribution in [0.3, 0.4) is 0 Å². The van der Waals surface area contributed by atoms with Crippen LogP contribution < -0.4 is 10.6 Å². The number of nitrogens with zero attached hydrogens (tertiary/aromatic N) is 2. The van der Waals surface area contributed by atoms with Gasteiger partial charge in [-0.25, -0.2) is 14.2 Å². The fourth-order valence-corrected chi connectivity index (χ4v) is 2.78. The minimum absolute atomic E-state index is 0.108. The quantitative estimate of drug-likeness (QED) is 0.785. The summed E-state index contributed by atoms with van der Waals surface area (Å²) in [6.07, 6.45) is -0.0411. The molecule has 3 N–H and O–H groups in total. The summed E-state index contributed by atoms with van der Waals surface area (Å²) in [5.41, 5.74) is 0.563. The third-order valence-corrected chi connectivity index (χ3v) is 3.84. The van der Waals surface area contributed by atoms with Gasteiger partial charge in [0.05, 0.1) is 24.1 Å². The molecule has 2 aromatic rings. The SMILES string of the molecule is Cc1nc2c(F)cc(NC(=O)N[C@@H]3C[C@H](C#N)C[C@H]3O)cc2o1. The average molecular weight is 318 g/mol. The van der Waals surface area contributed by atoms with Crippen molar-refractivity contribution in [3.63, 3.8) is 0 Å². The Morgan fingerprint density at radius 1 is 1.52 bits per heavy atom. The predicted octanol–water partition coefficient (Wildman–Crippen LogP) is 2.06. The van der Waals surface area contributed by atoms with Gasteiger partial charge in [0, 0.05) is 18.7 Å². The third-order valence-electron chi connectivity index (χ3n) is 3.84. The lowest BCUT2D eigenvalue weighted by molar-refractivity contribution is 0.150. The van der Waals surface area contributed by atoms with Crippen molar-refractivity contribution in [1.29, 1.82) is 5.26 Å². The number of carbonyl (C=O) groups is 1. The van der Waals surface area contributed by atoms with Gasteiger partial charge in [-0.15, -0.1) is 0 Å². The molecule has 0 radical (unpaired) electrons. The molecular weight excluding hydrogens is 303 g/mol. The number of urea groups is 1. The van der Waals surface area contributed by atoms with Crippen molar-refractivity contribution in [2.75, 3.05) is 5.32 Å². The normalized spacial score (nSPS) is 23.7. The van der Waals surface area contributed by atoms with Crippen LogP contribution >= 0.6 is 0 Å². The van der Waals surface area contributed by atoms with Gasteiger partial charge >= 0.3 is 6.03 Å². The van der Waals surface area contributed by atoms with E-state index < -0.39 is 24.0 Å². The Hall–Kier alpha value is -2.66. The Bertz CT molecular complexity index is 798. The lowest BCUT2D eigenvalue weighted by Gasteiger charge is -2.16. The number of nitriles is 1. The average Bonchev–Trinajstić information content (AvgIpc) is 3.02. The number of amides is 2. The molecule has 1 fully saturated rings. The molecule has 1 heterocycles. The highest BCUT2D eigenvalue weighted by molar-refractivity contribution is 5.91. The lowest BCUT2D eigenvalue weighted by Crippen LogP contribution is -2.42. The zero-order valence-corrected chi connectivity index (χ0v) is 12.3. The fourth-order valence-electron chi connectivity index (χ4n) is 2.78. The van der Waals surface area contributed by atoms with Crippen molar-refractivity contribution in [3.8, 4) is 6.07 Å². The number of nitrogens with one attached hydrogen (secondary N) is 2. The Morgan fingerprint density at radius 2 is 2.30 bits per heavy atom. The van der Waals surface area contributed by atoms with Crippen LogP contribution in [0.25, 0.3) is 11.1 Å². The van der Waals surface area contributed by atoms with Crippen LogP contribution in [0.1, 0.15) is 18.7 Å². The minimum atomic E-state index is -0.762. The molecule has 1 aromatic carbocycles. The van der Waals surface area contributed by atoms with Crippen molar-refractivity contribution >= 4 is 22.8 Å². The fraction of sp³-hybridized carbons (Fsp3) is 0.400. The number of oxazole rings is 1. The highest BCUT2D eigenvalue weighted by Gasteiger charge is 2.34. The first kappa shape index (κ1) is 15.2. The predicted molar refractivity (Wildman–Crippen MR) is 79.0 cm³/mol. The zero-order valence-electron chi connectivity index (χ0n) is 12.3. The molecule has 0 spiro atoms. The van der Waals surface area contributed by atoms with E-state index in [2.05, 4.69) is 21.7 Å². The third kappa shape index (κ3) is 3.10. The molecule has 3 atom stereocenters. The summed E-state index contributed by atoms with van der Waals surface area (Å²) in [5, 5.41) is 23.8. The number of aliphatic hydroxyl groups excluding tert-OH is 1. The van der Waals surface area contributed by atoms with Crippen molar-refractivity contribution in [2.45, 2.75) is 31.9 Å². The van der Waals surface area contributed by atoms with E-state index in [1.54, 1.807) is 6.92 Å². The van der Waals surface area contributed by atoms with Gasteiger partial charge < -0.3 is 20.2 Å². The van der Waals surface area contributed by atoms with Gasteiger partial charge in [0.25, 0.3) is 0 Å². The first-order valence-electron chi connectivity index (χ1n) is 7.18. The van der Waals surface area contributed by atoms with Crippen molar-refractivity contribution in [2.24, 2.45) is 5.92 Å². The number of fused-ring (bicyclic) bond motifs is 1. The summed E-state index contributed by atoms with van der Waals surface area (Å²) in [7, 11) is 0.